The van der Waals surface area contributed by atoms with Crippen molar-refractivity contribution in [2.75, 3.05) is 32.4 Å². The Morgan fingerprint density at radius 1 is 1.53 bits per heavy atom. The Labute approximate surface area is 119 Å². The zero-order valence-electron chi connectivity index (χ0n) is 11.3. The van der Waals surface area contributed by atoms with Crippen LogP contribution in [0.1, 0.15) is 17.7 Å². The molecule has 1 aromatic heterocycles. The molecule has 0 amide bonds. The quantitative estimate of drug-likeness (QED) is 0.811. The van der Waals surface area contributed by atoms with E-state index >= 15 is 0 Å². The van der Waals surface area contributed by atoms with Crippen molar-refractivity contribution >= 4 is 21.4 Å². The van der Waals surface area contributed by atoms with E-state index in [9.17, 15) is 8.42 Å². The Bertz CT molecular complexity index is 471. The number of nitrogens with zero attached hydrogens (tertiary/aromatic N) is 1. The summed E-state index contributed by atoms with van der Waals surface area (Å²) in [5.41, 5.74) is 0. The van der Waals surface area contributed by atoms with Crippen LogP contribution in [0, 0.1) is 5.92 Å². The largest absolute Gasteiger partial charge is 0.316 e. The normalized spacial score (nSPS) is 21.6. The third-order valence-electron chi connectivity index (χ3n) is 3.51. The molecule has 0 radical (unpaired) electrons. The molecule has 19 heavy (non-hydrogen) atoms. The molecule has 1 aliphatic rings. The number of piperidine rings is 1. The van der Waals surface area contributed by atoms with E-state index in [4.69, 9.17) is 0 Å². The molecule has 1 N–H and O–H groups in total. The molecule has 1 atom stereocenters. The molecule has 0 bridgehead atoms. The molecule has 2 heterocycles. The first-order chi connectivity index (χ1) is 9.05. The highest BCUT2D eigenvalue weighted by Gasteiger charge is 2.25. The van der Waals surface area contributed by atoms with E-state index in [-0.39, 0.29) is 0 Å². The van der Waals surface area contributed by atoms with E-state index < -0.39 is 10.0 Å². The van der Waals surface area contributed by atoms with Gasteiger partial charge in [-0.05, 0) is 49.7 Å². The molecular formula is C13H22N2O2S2. The third kappa shape index (κ3) is 4.87. The lowest BCUT2D eigenvalue weighted by molar-refractivity contribution is 0.262. The lowest BCUT2D eigenvalue weighted by Crippen LogP contribution is -2.42. The van der Waals surface area contributed by atoms with Gasteiger partial charge in [-0.15, -0.1) is 11.3 Å². The van der Waals surface area contributed by atoms with Crippen LogP contribution >= 0.6 is 11.3 Å². The summed E-state index contributed by atoms with van der Waals surface area (Å²) in [6.07, 6.45) is 4.46. The van der Waals surface area contributed by atoms with Crippen LogP contribution in [-0.4, -0.2) is 45.2 Å². The number of rotatable bonds is 6. The Morgan fingerprint density at radius 3 is 3.05 bits per heavy atom. The summed E-state index contributed by atoms with van der Waals surface area (Å²) in [5, 5.41) is 5.55. The lowest BCUT2D eigenvalue weighted by atomic mass is 10.00. The van der Waals surface area contributed by atoms with Gasteiger partial charge in [0, 0.05) is 18.0 Å². The second-order valence-electron chi connectivity index (χ2n) is 5.16. The molecule has 1 aromatic rings. The predicted octanol–water partition coefficient (Wildman–Crippen LogP) is 1.55. The van der Waals surface area contributed by atoms with Gasteiger partial charge in [-0.2, -0.15) is 0 Å². The summed E-state index contributed by atoms with van der Waals surface area (Å²) in [6.45, 7) is 3.24. The molecule has 0 saturated carbocycles. The number of hydrogen-bond acceptors (Lipinski definition) is 4. The van der Waals surface area contributed by atoms with Gasteiger partial charge in [-0.3, -0.25) is 0 Å². The van der Waals surface area contributed by atoms with Crippen molar-refractivity contribution in [1.29, 1.82) is 0 Å². The summed E-state index contributed by atoms with van der Waals surface area (Å²) >= 11 is 1.79. The van der Waals surface area contributed by atoms with Crippen LogP contribution in [-0.2, 0) is 16.4 Å². The van der Waals surface area contributed by atoms with Crippen LogP contribution < -0.4 is 5.32 Å². The summed E-state index contributed by atoms with van der Waals surface area (Å²) < 4.78 is 24.7. The Balaban J connectivity index is 1.68. The van der Waals surface area contributed by atoms with Crippen LogP contribution in [0.2, 0.25) is 0 Å². The van der Waals surface area contributed by atoms with Gasteiger partial charge in [-0.25, -0.2) is 12.7 Å². The van der Waals surface area contributed by atoms with Crippen molar-refractivity contribution in [2.45, 2.75) is 19.3 Å². The molecular weight excluding hydrogens is 280 g/mol. The standard InChI is InChI=1S/C13H22N2O2S2/c1-19(16,17)15-8-2-4-12(11-15)10-14-7-6-13-5-3-9-18-13/h3,5,9,12,14H,2,4,6-8,10-11H2,1H3. The van der Waals surface area contributed by atoms with Crippen molar-refractivity contribution in [3.8, 4) is 0 Å². The van der Waals surface area contributed by atoms with E-state index in [1.165, 1.54) is 11.1 Å². The van der Waals surface area contributed by atoms with Crippen molar-refractivity contribution in [1.82, 2.24) is 9.62 Å². The minimum atomic E-state index is -3.02. The number of sulfonamides is 1. The Kier molecular flexibility index (Phi) is 5.38. The second-order valence-corrected chi connectivity index (χ2v) is 8.18. The summed E-state index contributed by atoms with van der Waals surface area (Å²) in [6, 6.07) is 4.23. The van der Waals surface area contributed by atoms with Gasteiger partial charge in [0.15, 0.2) is 0 Å². The van der Waals surface area contributed by atoms with Crippen LogP contribution in [0.3, 0.4) is 0 Å². The Morgan fingerprint density at radius 2 is 2.37 bits per heavy atom. The lowest BCUT2D eigenvalue weighted by Gasteiger charge is -2.31. The van der Waals surface area contributed by atoms with Gasteiger partial charge in [0.2, 0.25) is 10.0 Å². The first kappa shape index (κ1) is 15.0. The first-order valence-corrected chi connectivity index (χ1v) is 9.47. The SMILES string of the molecule is CS(=O)(=O)N1CCCC(CNCCc2cccs2)C1. The fourth-order valence-corrected chi connectivity index (χ4v) is 4.12. The molecule has 1 unspecified atom stereocenters. The Hall–Kier alpha value is -0.430. The zero-order chi connectivity index (χ0) is 13.7. The van der Waals surface area contributed by atoms with Gasteiger partial charge >= 0.3 is 0 Å². The molecule has 0 aliphatic carbocycles. The minimum Gasteiger partial charge on any atom is -0.316 e. The van der Waals surface area contributed by atoms with Gasteiger partial charge in [0.1, 0.15) is 0 Å². The van der Waals surface area contributed by atoms with Crippen molar-refractivity contribution in [2.24, 2.45) is 5.92 Å². The van der Waals surface area contributed by atoms with Gasteiger partial charge in [0.05, 0.1) is 6.26 Å². The second kappa shape index (κ2) is 6.83. The maximum absolute atomic E-state index is 11.5. The topological polar surface area (TPSA) is 49.4 Å². The van der Waals surface area contributed by atoms with E-state index in [1.807, 2.05) is 0 Å². The average molecular weight is 302 g/mol. The van der Waals surface area contributed by atoms with Crippen molar-refractivity contribution < 1.29 is 8.42 Å². The third-order valence-corrected chi connectivity index (χ3v) is 5.72. The van der Waals surface area contributed by atoms with Crippen molar-refractivity contribution in [3.63, 3.8) is 0 Å². The van der Waals surface area contributed by atoms with E-state index in [1.54, 1.807) is 15.6 Å². The fourth-order valence-electron chi connectivity index (χ4n) is 2.47. The minimum absolute atomic E-state index is 0.451. The number of nitrogens with one attached hydrogen (secondary N) is 1. The summed E-state index contributed by atoms with van der Waals surface area (Å²) in [7, 11) is -3.02. The highest BCUT2D eigenvalue weighted by molar-refractivity contribution is 7.88. The maximum Gasteiger partial charge on any atom is 0.211 e. The molecule has 1 aliphatic heterocycles. The molecule has 0 spiro atoms. The van der Waals surface area contributed by atoms with Crippen molar-refractivity contribution in [3.05, 3.63) is 22.4 Å². The number of thiophene rings is 1. The van der Waals surface area contributed by atoms with Crippen LogP contribution in [0.15, 0.2) is 17.5 Å². The highest BCUT2D eigenvalue weighted by Crippen LogP contribution is 2.18. The average Bonchev–Trinajstić information content (AvgIpc) is 2.87. The fraction of sp³-hybridized carbons (Fsp3) is 0.692. The molecule has 6 heteroatoms. The van der Waals surface area contributed by atoms with E-state index in [0.717, 1.165) is 32.4 Å². The molecule has 4 nitrogen and oxygen atoms in total. The van der Waals surface area contributed by atoms with Gasteiger partial charge in [0.25, 0.3) is 0 Å². The number of hydrogen-bond donors (Lipinski definition) is 1. The highest BCUT2D eigenvalue weighted by atomic mass is 32.2. The maximum atomic E-state index is 11.5. The molecule has 2 rings (SSSR count). The van der Waals surface area contributed by atoms with Crippen LogP contribution in [0.5, 0.6) is 0 Å². The van der Waals surface area contributed by atoms with Crippen LogP contribution in [0.25, 0.3) is 0 Å². The monoisotopic (exact) mass is 302 g/mol. The van der Waals surface area contributed by atoms with Gasteiger partial charge < -0.3 is 5.32 Å². The zero-order valence-corrected chi connectivity index (χ0v) is 13.0. The molecule has 1 saturated heterocycles. The molecule has 1 fully saturated rings. The predicted molar refractivity (Wildman–Crippen MR) is 80.0 cm³/mol. The van der Waals surface area contributed by atoms with Crippen LogP contribution in [0.4, 0.5) is 0 Å². The smallest absolute Gasteiger partial charge is 0.211 e. The first-order valence-electron chi connectivity index (χ1n) is 6.74. The summed E-state index contributed by atoms with van der Waals surface area (Å²) in [4.78, 5) is 1.40. The van der Waals surface area contributed by atoms with Gasteiger partial charge in [-0.1, -0.05) is 6.07 Å². The van der Waals surface area contributed by atoms with E-state index in [0.29, 0.717) is 19.0 Å². The molecule has 108 valence electrons. The summed E-state index contributed by atoms with van der Waals surface area (Å²) in [5.74, 6) is 0.451. The molecule has 0 aromatic carbocycles. The van der Waals surface area contributed by atoms with E-state index in [2.05, 4.69) is 22.8 Å².